The number of nitrogens with one attached hydrogen (secondary N) is 1. The van der Waals surface area contributed by atoms with E-state index in [1.165, 1.54) is 20.1 Å². The number of hydrogen-bond donors (Lipinski definition) is 2. The van der Waals surface area contributed by atoms with Crippen LogP contribution in [0.2, 0.25) is 5.02 Å². The molecule has 0 radical (unpaired) electrons. The second kappa shape index (κ2) is 6.92. The van der Waals surface area contributed by atoms with Crippen LogP contribution >= 0.6 is 11.6 Å². The van der Waals surface area contributed by atoms with Gasteiger partial charge in [0.15, 0.2) is 0 Å². The molecule has 0 fully saturated rings. The molecule has 128 valence electrons. The van der Waals surface area contributed by atoms with Crippen molar-refractivity contribution in [2.75, 3.05) is 7.11 Å². The largest absolute Gasteiger partial charge is 0.495 e. The highest BCUT2D eigenvalue weighted by atomic mass is 35.5. The third-order valence-electron chi connectivity index (χ3n) is 3.64. The van der Waals surface area contributed by atoms with Gasteiger partial charge < -0.3 is 19.6 Å². The molecule has 2 rings (SSSR count). The van der Waals surface area contributed by atoms with Crippen molar-refractivity contribution in [1.82, 2.24) is 5.32 Å². The zero-order valence-electron chi connectivity index (χ0n) is 13.3. The van der Waals surface area contributed by atoms with Crippen molar-refractivity contribution in [2.45, 2.75) is 26.3 Å². The fourth-order valence-corrected chi connectivity index (χ4v) is 2.51. The normalized spacial score (nSPS) is 12.0. The highest BCUT2D eigenvalue weighted by molar-refractivity contribution is 6.32. The van der Waals surface area contributed by atoms with E-state index in [0.29, 0.717) is 27.3 Å². The van der Waals surface area contributed by atoms with Crippen molar-refractivity contribution in [1.29, 1.82) is 0 Å². The molecule has 2 aromatic rings. The van der Waals surface area contributed by atoms with Gasteiger partial charge in [-0.1, -0.05) is 11.6 Å². The Morgan fingerprint density at radius 1 is 1.42 bits per heavy atom. The molecule has 1 aromatic heterocycles. The summed E-state index contributed by atoms with van der Waals surface area (Å²) in [7, 11) is 1.44. The molecule has 24 heavy (non-hydrogen) atoms. The van der Waals surface area contributed by atoms with Crippen LogP contribution in [0.25, 0.3) is 11.0 Å². The average Bonchev–Trinajstić information content (AvgIpc) is 2.51. The number of rotatable bonds is 5. The lowest BCUT2D eigenvalue weighted by molar-refractivity contribution is -0.141. The molecule has 1 atom stereocenters. The van der Waals surface area contributed by atoms with Gasteiger partial charge in [-0.2, -0.15) is 0 Å². The van der Waals surface area contributed by atoms with Gasteiger partial charge in [-0.05, 0) is 25.5 Å². The molecule has 2 N–H and O–H groups in total. The fraction of sp³-hybridized carbons (Fsp3) is 0.312. The van der Waals surface area contributed by atoms with Gasteiger partial charge in [-0.3, -0.25) is 9.59 Å². The van der Waals surface area contributed by atoms with Crippen LogP contribution in [0.4, 0.5) is 0 Å². The number of amides is 1. The molecule has 0 aliphatic rings. The van der Waals surface area contributed by atoms with Crippen molar-refractivity contribution in [3.8, 4) is 5.75 Å². The van der Waals surface area contributed by atoms with E-state index >= 15 is 0 Å². The van der Waals surface area contributed by atoms with Gasteiger partial charge in [0.1, 0.15) is 17.4 Å². The Balaban J connectivity index is 2.43. The van der Waals surface area contributed by atoms with Gasteiger partial charge >= 0.3 is 11.6 Å². The van der Waals surface area contributed by atoms with E-state index in [4.69, 9.17) is 25.9 Å². The molecule has 0 bridgehead atoms. The Morgan fingerprint density at radius 2 is 2.08 bits per heavy atom. The molecule has 0 aliphatic heterocycles. The fourth-order valence-electron chi connectivity index (χ4n) is 2.27. The Bertz CT molecular complexity index is 873. The van der Waals surface area contributed by atoms with Gasteiger partial charge in [0.2, 0.25) is 5.91 Å². The summed E-state index contributed by atoms with van der Waals surface area (Å²) >= 11 is 6.09. The van der Waals surface area contributed by atoms with Crippen LogP contribution in [-0.2, 0) is 16.0 Å². The SMILES string of the molecule is COc1cc2oc(=O)c(CC(=O)N[C@H](C)C(=O)O)c(C)c2cc1Cl. The monoisotopic (exact) mass is 353 g/mol. The smallest absolute Gasteiger partial charge is 0.340 e. The van der Waals surface area contributed by atoms with Crippen LogP contribution in [0.1, 0.15) is 18.1 Å². The van der Waals surface area contributed by atoms with Crippen LogP contribution < -0.4 is 15.7 Å². The van der Waals surface area contributed by atoms with Gasteiger partial charge in [0, 0.05) is 11.5 Å². The molecule has 0 saturated carbocycles. The number of halogens is 1. The lowest BCUT2D eigenvalue weighted by Crippen LogP contribution is -2.39. The number of carboxylic acids is 1. The number of carbonyl (C=O) groups is 2. The third kappa shape index (κ3) is 3.51. The minimum atomic E-state index is -1.16. The van der Waals surface area contributed by atoms with E-state index in [0.717, 1.165) is 0 Å². The number of ether oxygens (including phenoxy) is 1. The number of hydrogen-bond acceptors (Lipinski definition) is 5. The number of methoxy groups -OCH3 is 1. The van der Waals surface area contributed by atoms with E-state index in [9.17, 15) is 14.4 Å². The first-order valence-corrected chi connectivity index (χ1v) is 7.44. The first kappa shape index (κ1) is 17.8. The molecule has 8 heteroatoms. The highest BCUT2D eigenvalue weighted by Gasteiger charge is 2.19. The van der Waals surface area contributed by atoms with Crippen LogP contribution in [0, 0.1) is 6.92 Å². The number of fused-ring (bicyclic) bond motifs is 1. The second-order valence-electron chi connectivity index (χ2n) is 5.28. The van der Waals surface area contributed by atoms with Crippen molar-refractivity contribution >= 4 is 34.4 Å². The molecular weight excluding hydrogens is 338 g/mol. The topological polar surface area (TPSA) is 106 Å². The molecule has 1 heterocycles. The minimum absolute atomic E-state index is 0.152. The second-order valence-corrected chi connectivity index (χ2v) is 5.69. The molecular formula is C16H16ClNO6. The van der Waals surface area contributed by atoms with Crippen molar-refractivity contribution in [3.63, 3.8) is 0 Å². The lowest BCUT2D eigenvalue weighted by atomic mass is 10.0. The maximum absolute atomic E-state index is 12.2. The van der Waals surface area contributed by atoms with Crippen molar-refractivity contribution in [2.24, 2.45) is 0 Å². The van der Waals surface area contributed by atoms with Gasteiger partial charge in [0.25, 0.3) is 0 Å². The summed E-state index contributed by atoms with van der Waals surface area (Å²) < 4.78 is 10.3. The number of aliphatic carboxylic acids is 1. The standard InChI is InChI=1S/C16H16ClNO6/c1-7-9-4-11(17)13(23-3)6-12(9)24-16(22)10(7)5-14(19)18-8(2)15(20)21/h4,6,8H,5H2,1-3H3,(H,18,19)(H,20,21)/t8-/m1/s1. The summed E-state index contributed by atoms with van der Waals surface area (Å²) in [5.41, 5.74) is 0.326. The van der Waals surface area contributed by atoms with Crippen molar-refractivity contribution < 1.29 is 23.8 Å². The third-order valence-corrected chi connectivity index (χ3v) is 3.94. The van der Waals surface area contributed by atoms with E-state index < -0.39 is 23.5 Å². The number of carbonyl (C=O) groups excluding carboxylic acids is 1. The first-order valence-electron chi connectivity index (χ1n) is 7.06. The number of carboxylic acid groups (broad SMARTS) is 1. The first-order chi connectivity index (χ1) is 11.2. The Labute approximate surface area is 142 Å². The maximum atomic E-state index is 12.2. The van der Waals surface area contributed by atoms with Crippen LogP contribution in [-0.4, -0.2) is 30.1 Å². The summed E-state index contributed by atoms with van der Waals surface area (Å²) in [4.78, 5) is 34.9. The summed E-state index contributed by atoms with van der Waals surface area (Å²) in [5, 5.41) is 12.0. The van der Waals surface area contributed by atoms with Gasteiger partial charge in [-0.25, -0.2) is 4.79 Å². The molecule has 0 aliphatic carbocycles. The molecule has 1 aromatic carbocycles. The average molecular weight is 354 g/mol. The molecule has 0 unspecified atom stereocenters. The van der Waals surface area contributed by atoms with Gasteiger partial charge in [0.05, 0.1) is 24.1 Å². The van der Waals surface area contributed by atoms with Crippen LogP contribution in [0.3, 0.4) is 0 Å². The maximum Gasteiger partial charge on any atom is 0.340 e. The molecule has 0 saturated heterocycles. The predicted molar refractivity (Wildman–Crippen MR) is 87.7 cm³/mol. The van der Waals surface area contributed by atoms with Crippen LogP contribution in [0.5, 0.6) is 5.75 Å². The van der Waals surface area contributed by atoms with E-state index in [1.54, 1.807) is 13.0 Å². The summed E-state index contributed by atoms with van der Waals surface area (Å²) in [6.07, 6.45) is -0.286. The zero-order valence-corrected chi connectivity index (χ0v) is 14.1. The minimum Gasteiger partial charge on any atom is -0.495 e. The predicted octanol–water partition coefficient (Wildman–Crippen LogP) is 1.90. The Hall–Kier alpha value is -2.54. The zero-order chi connectivity index (χ0) is 18.0. The quantitative estimate of drug-likeness (QED) is 0.795. The van der Waals surface area contributed by atoms with E-state index in [2.05, 4.69) is 5.32 Å². The Morgan fingerprint density at radius 3 is 2.67 bits per heavy atom. The highest BCUT2D eigenvalue weighted by Crippen LogP contribution is 2.31. The van der Waals surface area contributed by atoms with E-state index in [1.807, 2.05) is 0 Å². The summed E-state index contributed by atoms with van der Waals surface area (Å²) in [6, 6.07) is 2.04. The number of benzene rings is 1. The molecule has 1 amide bonds. The van der Waals surface area contributed by atoms with Crippen molar-refractivity contribution in [3.05, 3.63) is 38.7 Å². The molecule has 7 nitrogen and oxygen atoms in total. The Kier molecular flexibility index (Phi) is 5.14. The van der Waals surface area contributed by atoms with E-state index in [-0.39, 0.29) is 12.0 Å². The molecule has 0 spiro atoms. The lowest BCUT2D eigenvalue weighted by Gasteiger charge is -2.12. The van der Waals surface area contributed by atoms with Gasteiger partial charge in [-0.15, -0.1) is 0 Å². The number of aryl methyl sites for hydroxylation is 1. The van der Waals surface area contributed by atoms with Crippen LogP contribution in [0.15, 0.2) is 21.3 Å². The summed E-state index contributed by atoms with van der Waals surface area (Å²) in [5.74, 6) is -1.38. The summed E-state index contributed by atoms with van der Waals surface area (Å²) in [6.45, 7) is 3.01.